The van der Waals surface area contributed by atoms with E-state index in [-0.39, 0.29) is 0 Å². The molecule has 9 aliphatic rings. The lowest BCUT2D eigenvalue weighted by Gasteiger charge is -2.38. The lowest BCUT2D eigenvalue weighted by atomic mass is 9.66. The first-order chi connectivity index (χ1) is 26.8. The minimum atomic E-state index is 0.368. The van der Waals surface area contributed by atoms with Crippen LogP contribution in [0.5, 0.6) is 0 Å². The molecule has 0 radical (unpaired) electrons. The van der Waals surface area contributed by atoms with Gasteiger partial charge in [-0.2, -0.15) is 0 Å². The van der Waals surface area contributed by atoms with Crippen LogP contribution in [0.3, 0.4) is 0 Å². The molecule has 5 atom stereocenters. The maximum absolute atomic E-state index is 2.62. The molecule has 54 heavy (non-hydrogen) atoms. The van der Waals surface area contributed by atoms with Gasteiger partial charge in [0.15, 0.2) is 0 Å². The Kier molecular flexibility index (Phi) is 7.93. The second-order valence-electron chi connectivity index (χ2n) is 16.7. The Labute approximate surface area is 320 Å². The van der Waals surface area contributed by atoms with Crippen molar-refractivity contribution in [1.82, 2.24) is 0 Å². The molecule has 9 aliphatic carbocycles. The van der Waals surface area contributed by atoms with E-state index in [0.717, 1.165) is 44.9 Å². The monoisotopic (exact) mass is 696 g/mol. The van der Waals surface area contributed by atoms with Crippen LogP contribution in [0.2, 0.25) is 0 Å². The summed E-state index contributed by atoms with van der Waals surface area (Å²) in [7, 11) is 0. The summed E-state index contributed by atoms with van der Waals surface area (Å²) in [5.74, 6) is 2.31. The van der Waals surface area contributed by atoms with Crippen molar-refractivity contribution in [3.63, 3.8) is 0 Å². The summed E-state index contributed by atoms with van der Waals surface area (Å²) in [6.07, 6.45) is 51.5. The zero-order valence-electron chi connectivity index (χ0n) is 31.2. The Morgan fingerprint density at radius 3 is 1.96 bits per heavy atom. The smallest absolute Gasteiger partial charge is 0.0134 e. The average molecular weight is 697 g/mol. The fourth-order valence-corrected chi connectivity index (χ4v) is 11.3. The molecule has 0 aromatic heterocycles. The van der Waals surface area contributed by atoms with Crippen LogP contribution < -0.4 is 20.9 Å². The minimum absolute atomic E-state index is 0.368. The van der Waals surface area contributed by atoms with Gasteiger partial charge < -0.3 is 0 Å². The molecule has 5 unspecified atom stereocenters. The summed E-state index contributed by atoms with van der Waals surface area (Å²) in [5, 5.41) is 5.80. The van der Waals surface area contributed by atoms with E-state index < -0.39 is 0 Å². The number of benzene rings is 2. The van der Waals surface area contributed by atoms with Gasteiger partial charge in [-0.15, -0.1) is 0 Å². The van der Waals surface area contributed by atoms with E-state index in [2.05, 4.69) is 152 Å². The van der Waals surface area contributed by atoms with Gasteiger partial charge in [-0.3, -0.25) is 0 Å². The largest absolute Gasteiger partial charge is 0.0767 e. The van der Waals surface area contributed by atoms with Crippen molar-refractivity contribution in [3.05, 3.63) is 211 Å². The lowest BCUT2D eigenvalue weighted by Crippen LogP contribution is -2.41. The zero-order valence-corrected chi connectivity index (χ0v) is 31.2. The number of allylic oxidation sites excluding steroid dienone is 24. The van der Waals surface area contributed by atoms with E-state index in [9.17, 15) is 0 Å². The lowest BCUT2D eigenvalue weighted by molar-refractivity contribution is 0.544. The molecule has 0 heteroatoms. The van der Waals surface area contributed by atoms with Crippen LogP contribution in [0, 0.1) is 29.6 Å². The average Bonchev–Trinajstić information content (AvgIpc) is 3.24. The van der Waals surface area contributed by atoms with E-state index in [4.69, 9.17) is 0 Å². The number of fused-ring (bicyclic) bond motifs is 5. The topological polar surface area (TPSA) is 0 Å². The van der Waals surface area contributed by atoms with Crippen LogP contribution >= 0.6 is 0 Å². The van der Waals surface area contributed by atoms with Gasteiger partial charge in [0.05, 0.1) is 0 Å². The van der Waals surface area contributed by atoms with Gasteiger partial charge in [0.1, 0.15) is 0 Å². The third-order valence-corrected chi connectivity index (χ3v) is 13.9. The highest BCUT2D eigenvalue weighted by Gasteiger charge is 2.36. The van der Waals surface area contributed by atoms with E-state index in [0.29, 0.717) is 29.6 Å². The first-order valence-corrected chi connectivity index (χ1v) is 20.7. The van der Waals surface area contributed by atoms with Gasteiger partial charge in [-0.1, -0.05) is 152 Å². The molecule has 0 saturated carbocycles. The molecule has 2 aromatic carbocycles. The van der Waals surface area contributed by atoms with E-state index in [1.54, 1.807) is 50.2 Å². The van der Waals surface area contributed by atoms with Gasteiger partial charge in [0, 0.05) is 23.7 Å². The van der Waals surface area contributed by atoms with Crippen LogP contribution in [-0.4, -0.2) is 0 Å². The highest BCUT2D eigenvalue weighted by Crippen LogP contribution is 2.48. The zero-order chi connectivity index (χ0) is 35.6. The summed E-state index contributed by atoms with van der Waals surface area (Å²) in [6, 6.07) is 18.4. The molecule has 2 aromatic rings. The maximum atomic E-state index is 2.62. The third-order valence-electron chi connectivity index (χ3n) is 13.9. The van der Waals surface area contributed by atoms with E-state index in [1.807, 2.05) is 0 Å². The summed E-state index contributed by atoms with van der Waals surface area (Å²) in [4.78, 5) is 0. The van der Waals surface area contributed by atoms with Gasteiger partial charge in [-0.05, 0) is 146 Å². The summed E-state index contributed by atoms with van der Waals surface area (Å²) in [5.41, 5.74) is 17.2. The molecule has 0 saturated heterocycles. The number of hydrogen-bond donors (Lipinski definition) is 0. The molecule has 0 fully saturated rings. The van der Waals surface area contributed by atoms with E-state index >= 15 is 0 Å². The van der Waals surface area contributed by atoms with Crippen molar-refractivity contribution in [1.29, 1.82) is 0 Å². The second-order valence-corrected chi connectivity index (χ2v) is 16.7. The molecule has 0 spiro atoms. The molecule has 264 valence electrons. The van der Waals surface area contributed by atoms with Crippen molar-refractivity contribution < 1.29 is 0 Å². The fourth-order valence-electron chi connectivity index (χ4n) is 11.3. The summed E-state index contributed by atoms with van der Waals surface area (Å²) >= 11 is 0. The van der Waals surface area contributed by atoms with Crippen LogP contribution in [-0.2, 0) is 0 Å². The normalized spacial score (nSPS) is 28.9. The van der Waals surface area contributed by atoms with Crippen LogP contribution in [0.25, 0.3) is 22.8 Å². The van der Waals surface area contributed by atoms with Crippen molar-refractivity contribution in [2.75, 3.05) is 0 Å². The third kappa shape index (κ3) is 5.40. The highest BCUT2D eigenvalue weighted by atomic mass is 14.4. The molecule has 0 nitrogen and oxygen atoms in total. The molecule has 0 amide bonds. The first-order valence-electron chi connectivity index (χ1n) is 20.7. The van der Waals surface area contributed by atoms with Gasteiger partial charge in [0.2, 0.25) is 0 Å². The van der Waals surface area contributed by atoms with Gasteiger partial charge >= 0.3 is 0 Å². The van der Waals surface area contributed by atoms with Crippen molar-refractivity contribution >= 4 is 22.8 Å². The van der Waals surface area contributed by atoms with E-state index in [1.165, 1.54) is 44.9 Å². The maximum Gasteiger partial charge on any atom is 0.0134 e. The second kappa shape index (κ2) is 13.3. The predicted molar refractivity (Wildman–Crippen MR) is 226 cm³/mol. The fraction of sp³-hybridized carbons (Fsp3) is 0.259. The standard InChI is InChI=1S/C54H48/c1-3-15-45-35(11-1)13-9-21-47(45)41-27-23-39-33-43(29-25-37(39)31-41)53-49-17-5-7-19-51(49)54(52-20-8-6-18-50(52)53)44-30-26-38-32-42(28-24-40(38)34-44)48-22-10-14-36-12-2-4-16-46(36)48/h1-9,11-21,26,30-33,35,40,45,49,51H,10,22-25,27-29,34H2. The minimum Gasteiger partial charge on any atom is -0.0767 e. The molecule has 0 N–H and O–H groups in total. The predicted octanol–water partition coefficient (Wildman–Crippen LogP) is 9.97. The number of rotatable bonds is 4. The quantitative estimate of drug-likeness (QED) is 0.299. The Morgan fingerprint density at radius 1 is 0.481 bits per heavy atom. The summed E-state index contributed by atoms with van der Waals surface area (Å²) < 4.78 is 0. The van der Waals surface area contributed by atoms with Crippen molar-refractivity contribution in [2.45, 2.75) is 57.8 Å². The van der Waals surface area contributed by atoms with Crippen LogP contribution in [0.15, 0.2) is 190 Å². The van der Waals surface area contributed by atoms with Crippen LogP contribution in [0.1, 0.15) is 57.8 Å². The Morgan fingerprint density at radius 2 is 1.15 bits per heavy atom. The molecular weight excluding hydrogens is 649 g/mol. The van der Waals surface area contributed by atoms with Crippen molar-refractivity contribution in [3.8, 4) is 0 Å². The highest BCUT2D eigenvalue weighted by molar-refractivity contribution is 5.82. The molecule has 0 aliphatic heterocycles. The SMILES string of the molecule is C1=CC2C=CC=C(C3=CC4=C(C=C(C5=c6ccccc6=C(C6=CC=C7C=C(C8=c9ccccc9=CCC8)CCC7C6)C6C=CC=CC56)CC4)CC3)C2C=C1. The molecular formula is C54H48. The molecule has 0 bridgehead atoms. The number of hydrogen-bond acceptors (Lipinski definition) is 0. The molecule has 0 heterocycles. The first kappa shape index (κ1) is 32.2. The van der Waals surface area contributed by atoms with Gasteiger partial charge in [0.25, 0.3) is 0 Å². The Bertz CT molecular complexity index is 2640. The molecule has 11 rings (SSSR count). The Balaban J connectivity index is 0.981. The summed E-state index contributed by atoms with van der Waals surface area (Å²) in [6.45, 7) is 0. The Hall–Kier alpha value is -5.20. The van der Waals surface area contributed by atoms with Gasteiger partial charge in [-0.25, -0.2) is 0 Å². The van der Waals surface area contributed by atoms with Crippen molar-refractivity contribution in [2.24, 2.45) is 29.6 Å². The van der Waals surface area contributed by atoms with Crippen LogP contribution in [0.4, 0.5) is 0 Å².